The van der Waals surface area contributed by atoms with Gasteiger partial charge in [0.2, 0.25) is 5.79 Å². The van der Waals surface area contributed by atoms with Crippen molar-refractivity contribution in [3.05, 3.63) is 47.3 Å². The SMILES string of the molecule is C.C/C=C/C[C@@H]1/C=C(\C)C[C@H](C)C[C@H](OC)[C@H]2O[C@@](O)(C(=O)C(=O)N3CCCC[C@H]3C(=O)O[C@H](/C(C)=C/[C@@H]3CC[C@@H](O)[C@H](OC)C3)[C@H](C)[C@@H](O)C/C1=C/O)[C@H](C)C[C@@H]2OC. The highest BCUT2D eigenvalue weighted by molar-refractivity contribution is 6.39. The number of piperidine rings is 1. The minimum Gasteiger partial charge on any atom is -0.516 e. The number of aliphatic hydroxyl groups excluding tert-OH is 3. The number of methoxy groups -OCH3 is 3. The van der Waals surface area contributed by atoms with Gasteiger partial charge in [-0.2, -0.15) is 0 Å². The molecule has 13 nitrogen and oxygen atoms in total. The maximum Gasteiger partial charge on any atom is 0.329 e. The highest BCUT2D eigenvalue weighted by Crippen LogP contribution is 2.39. The number of nitrogens with zero attached hydrogens (tertiary/aromatic N) is 1. The zero-order valence-corrected chi connectivity index (χ0v) is 36.9. The molecule has 3 aliphatic heterocycles. The van der Waals surface area contributed by atoms with Gasteiger partial charge in [-0.3, -0.25) is 9.59 Å². The number of aliphatic hydroxyl groups is 4. The number of ether oxygens (including phenoxy) is 5. The first-order valence-electron chi connectivity index (χ1n) is 21.7. The molecule has 0 radical (unpaired) electrons. The number of rotatable bonds is 7. The monoisotopic (exact) mass is 848 g/mol. The Bertz CT molecular complexity index is 1540. The van der Waals surface area contributed by atoms with Gasteiger partial charge in [0.05, 0.1) is 36.8 Å². The van der Waals surface area contributed by atoms with E-state index >= 15 is 0 Å². The number of hydrogen-bond acceptors (Lipinski definition) is 12. The second-order valence-corrected chi connectivity index (χ2v) is 17.8. The third-order valence-corrected chi connectivity index (χ3v) is 13.3. The Labute approximate surface area is 359 Å². The van der Waals surface area contributed by atoms with Crippen molar-refractivity contribution in [3.63, 3.8) is 0 Å². The van der Waals surface area contributed by atoms with Crippen LogP contribution in [0, 0.1) is 29.6 Å². The molecule has 0 unspecified atom stereocenters. The summed E-state index contributed by atoms with van der Waals surface area (Å²) in [6.45, 7) is 11.4. The van der Waals surface area contributed by atoms with Crippen LogP contribution >= 0.6 is 0 Å². The molecule has 0 aromatic rings. The van der Waals surface area contributed by atoms with E-state index in [1.54, 1.807) is 35.2 Å². The van der Waals surface area contributed by atoms with Gasteiger partial charge < -0.3 is 49.0 Å². The van der Waals surface area contributed by atoms with E-state index in [0.717, 1.165) is 11.8 Å². The van der Waals surface area contributed by atoms with Gasteiger partial charge in [0.1, 0.15) is 18.2 Å². The predicted molar refractivity (Wildman–Crippen MR) is 230 cm³/mol. The molecule has 3 heterocycles. The number of ketones is 1. The van der Waals surface area contributed by atoms with Crippen molar-refractivity contribution in [2.24, 2.45) is 29.6 Å². The van der Waals surface area contributed by atoms with Gasteiger partial charge in [-0.05, 0) is 114 Å². The summed E-state index contributed by atoms with van der Waals surface area (Å²) in [6, 6.07) is -1.12. The highest BCUT2D eigenvalue weighted by Gasteiger charge is 2.56. The largest absolute Gasteiger partial charge is 0.516 e. The molecule has 0 aromatic heterocycles. The van der Waals surface area contributed by atoms with Gasteiger partial charge in [-0.15, -0.1) is 0 Å². The van der Waals surface area contributed by atoms with Gasteiger partial charge in [0, 0.05) is 45.6 Å². The summed E-state index contributed by atoms with van der Waals surface area (Å²) >= 11 is 0. The molecule has 2 saturated heterocycles. The first kappa shape index (κ1) is 51.4. The fraction of sp³-hybridized carbons (Fsp3) is 0.766. The van der Waals surface area contributed by atoms with E-state index in [1.807, 2.05) is 39.0 Å². The molecule has 1 aliphatic carbocycles. The van der Waals surface area contributed by atoms with E-state index < -0.39 is 77.9 Å². The number of allylic oxidation sites excluding steroid dienone is 5. The Morgan fingerprint density at radius 1 is 0.933 bits per heavy atom. The molecule has 4 aliphatic rings. The van der Waals surface area contributed by atoms with Gasteiger partial charge in [-0.25, -0.2) is 4.79 Å². The normalized spacial score (nSPS) is 40.2. The summed E-state index contributed by atoms with van der Waals surface area (Å²) in [5.41, 5.74) is 2.38. The maximum atomic E-state index is 14.4. The highest BCUT2D eigenvalue weighted by atomic mass is 16.7. The van der Waals surface area contributed by atoms with Crippen LogP contribution in [-0.4, -0.2) is 125 Å². The van der Waals surface area contributed by atoms with E-state index in [9.17, 15) is 34.8 Å². The third kappa shape index (κ3) is 12.4. The molecular formula is C47H77NO12. The second-order valence-electron chi connectivity index (χ2n) is 17.8. The Hall–Kier alpha value is -2.91. The quantitative estimate of drug-likeness (QED) is 0.0942. The Kier molecular flexibility index (Phi) is 20.2. The number of fused-ring (bicyclic) bond motifs is 3. The van der Waals surface area contributed by atoms with Crippen LogP contribution in [0.3, 0.4) is 0 Å². The second kappa shape index (κ2) is 23.5. The van der Waals surface area contributed by atoms with E-state index in [1.165, 1.54) is 4.90 Å². The molecule has 13 heteroatoms. The first-order chi connectivity index (χ1) is 28.0. The van der Waals surface area contributed by atoms with E-state index in [2.05, 4.69) is 13.0 Å². The summed E-state index contributed by atoms with van der Waals surface area (Å²) in [5.74, 6) is -7.08. The lowest BCUT2D eigenvalue weighted by Gasteiger charge is -2.47. The fourth-order valence-corrected chi connectivity index (χ4v) is 9.75. The lowest BCUT2D eigenvalue weighted by Crippen LogP contribution is -2.64. The first-order valence-corrected chi connectivity index (χ1v) is 21.7. The van der Waals surface area contributed by atoms with Crippen molar-refractivity contribution in [1.29, 1.82) is 0 Å². The minimum absolute atomic E-state index is 0. The van der Waals surface area contributed by atoms with Crippen LogP contribution in [0.5, 0.6) is 0 Å². The van der Waals surface area contributed by atoms with E-state index in [0.29, 0.717) is 62.5 Å². The molecule has 342 valence electrons. The lowest BCUT2D eigenvalue weighted by atomic mass is 9.81. The van der Waals surface area contributed by atoms with Crippen LogP contribution < -0.4 is 0 Å². The number of Topliss-reactive ketones (excluding diaryl/α,β-unsaturated/α-hetero) is 1. The predicted octanol–water partition coefficient (Wildman–Crippen LogP) is 6.54. The molecule has 1 amide bonds. The van der Waals surface area contributed by atoms with E-state index in [4.69, 9.17) is 23.7 Å². The number of carbonyl (C=O) groups is 3. The van der Waals surface area contributed by atoms with Crippen LogP contribution in [0.2, 0.25) is 0 Å². The van der Waals surface area contributed by atoms with Crippen molar-refractivity contribution in [2.75, 3.05) is 27.9 Å². The Balaban J connectivity index is 0.00000961. The molecule has 14 atom stereocenters. The number of cyclic esters (lactones) is 1. The van der Waals surface area contributed by atoms with E-state index in [-0.39, 0.29) is 57.1 Å². The van der Waals surface area contributed by atoms with Crippen molar-refractivity contribution in [3.8, 4) is 0 Å². The summed E-state index contributed by atoms with van der Waals surface area (Å²) < 4.78 is 30.0. The summed E-state index contributed by atoms with van der Waals surface area (Å²) in [7, 11) is 4.66. The van der Waals surface area contributed by atoms with Gasteiger partial charge in [-0.1, -0.05) is 58.1 Å². The fourth-order valence-electron chi connectivity index (χ4n) is 9.75. The molecular weight excluding hydrogens is 771 g/mol. The van der Waals surface area contributed by atoms with Gasteiger partial charge in [0.25, 0.3) is 11.7 Å². The lowest BCUT2D eigenvalue weighted by molar-refractivity contribution is -0.302. The third-order valence-electron chi connectivity index (χ3n) is 13.3. The number of amides is 1. The topological polar surface area (TPSA) is 182 Å². The molecule has 1 saturated carbocycles. The molecule has 4 N–H and O–H groups in total. The smallest absolute Gasteiger partial charge is 0.329 e. The Morgan fingerprint density at radius 3 is 2.23 bits per heavy atom. The Morgan fingerprint density at radius 2 is 1.60 bits per heavy atom. The number of hydrogen-bond donors (Lipinski definition) is 4. The van der Waals surface area contributed by atoms with Gasteiger partial charge >= 0.3 is 5.97 Å². The average Bonchev–Trinajstić information content (AvgIpc) is 3.22. The molecule has 3 fully saturated rings. The zero-order chi connectivity index (χ0) is 43.6. The summed E-state index contributed by atoms with van der Waals surface area (Å²) in [6.07, 6.45) is 9.47. The maximum absolute atomic E-state index is 14.4. The molecule has 0 aromatic carbocycles. The van der Waals surface area contributed by atoms with Crippen LogP contribution in [0.1, 0.15) is 120 Å². The molecule has 60 heavy (non-hydrogen) atoms. The number of esters is 1. The standard InChI is InChI=1S/C46H73NO12.CH4/c1-10-11-14-33-20-27(2)19-28(3)21-39(56-8)42-40(57-9)23-30(5)46(54,59-42)43(51)44(52)47-18-13-12-15-35(47)45(53)58-41(31(6)37(50)25-34(33)26-48)29(4)22-32-16-17-36(49)38(24-32)55-7;/h10-11,20,22,26,28,30-33,35-42,48-50,54H,12-19,21,23-25H2,1-9H3;1H4/b11-10+,27-20+,29-22+,34-26-;/t28-,30+,31+,32-,33+,35-,36+,37-,38+,39-,40-,41+,42+,46+;/m0./s1. The minimum atomic E-state index is -2.50. The molecule has 2 bridgehead atoms. The zero-order valence-electron chi connectivity index (χ0n) is 36.9. The van der Waals surface area contributed by atoms with Crippen LogP contribution in [0.25, 0.3) is 0 Å². The average molecular weight is 848 g/mol. The molecule has 4 rings (SSSR count). The van der Waals surface area contributed by atoms with Crippen molar-refractivity contribution in [2.45, 2.75) is 174 Å². The van der Waals surface area contributed by atoms with Crippen molar-refractivity contribution >= 4 is 17.7 Å². The van der Waals surface area contributed by atoms with Crippen LogP contribution in [0.15, 0.2) is 47.3 Å². The summed E-state index contributed by atoms with van der Waals surface area (Å²) in [5, 5.41) is 45.2. The van der Waals surface area contributed by atoms with Crippen LogP contribution in [0.4, 0.5) is 0 Å². The van der Waals surface area contributed by atoms with Gasteiger partial charge in [0.15, 0.2) is 0 Å². The van der Waals surface area contributed by atoms with Crippen molar-refractivity contribution in [1.82, 2.24) is 4.90 Å². The summed E-state index contributed by atoms with van der Waals surface area (Å²) in [4.78, 5) is 44.2. The van der Waals surface area contributed by atoms with Crippen molar-refractivity contribution < 1.29 is 58.5 Å². The van der Waals surface area contributed by atoms with Crippen LogP contribution in [-0.2, 0) is 38.1 Å². The number of carbonyl (C=O) groups excluding carboxylic acids is 3. The molecule has 0 spiro atoms.